The Morgan fingerprint density at radius 2 is 2.22 bits per heavy atom. The van der Waals surface area contributed by atoms with Crippen LogP contribution in [0.5, 0.6) is 0 Å². The average molecular weight is 179 g/mol. The average Bonchev–Trinajstić information content (AvgIpc) is 1.59. The third kappa shape index (κ3) is 8.30. The van der Waals surface area contributed by atoms with Gasteiger partial charge in [-0.2, -0.15) is 0 Å². The second-order valence-corrected chi connectivity index (χ2v) is 3.48. The highest BCUT2D eigenvalue weighted by atomic mass is 35.7. The summed E-state index contributed by atoms with van der Waals surface area (Å²) in [6, 6.07) is 0. The molecule has 0 amide bonds. The summed E-state index contributed by atoms with van der Waals surface area (Å²) < 4.78 is 35.5. The lowest BCUT2D eigenvalue weighted by Crippen LogP contribution is -2.06. The van der Waals surface area contributed by atoms with Crippen molar-refractivity contribution in [2.75, 3.05) is 6.61 Å². The molecule has 0 aromatic carbocycles. The second-order valence-electron chi connectivity index (χ2n) is 1.12. The SMILES string of the molecule is O=P([O-])(Cl)OCC(F)F. The molecule has 0 aliphatic carbocycles. The van der Waals surface area contributed by atoms with Gasteiger partial charge in [0.15, 0.2) is 0 Å². The fourth-order valence-electron chi connectivity index (χ4n) is 0.145. The number of alkyl halides is 2. The largest absolute Gasteiger partial charge is 0.766 e. The fourth-order valence-corrected chi connectivity index (χ4v) is 0.605. The van der Waals surface area contributed by atoms with Gasteiger partial charge in [-0.15, -0.1) is 0 Å². The molecule has 1 atom stereocenters. The van der Waals surface area contributed by atoms with Crippen molar-refractivity contribution < 1.29 is 22.8 Å². The normalized spacial score (nSPS) is 17.9. The number of hydrogen-bond donors (Lipinski definition) is 0. The van der Waals surface area contributed by atoms with Gasteiger partial charge < -0.3 is 9.42 Å². The maximum absolute atomic E-state index is 11.1. The molecule has 1 unspecified atom stereocenters. The summed E-state index contributed by atoms with van der Waals surface area (Å²) in [5.74, 6) is 0. The van der Waals surface area contributed by atoms with E-state index in [0.717, 1.165) is 0 Å². The van der Waals surface area contributed by atoms with E-state index in [2.05, 4.69) is 15.8 Å². The number of halogens is 3. The van der Waals surface area contributed by atoms with Crippen LogP contribution in [-0.4, -0.2) is 13.0 Å². The molecule has 3 nitrogen and oxygen atoms in total. The molecule has 9 heavy (non-hydrogen) atoms. The van der Waals surface area contributed by atoms with Gasteiger partial charge in [0.1, 0.15) is 6.61 Å². The highest BCUT2D eigenvalue weighted by Crippen LogP contribution is 2.42. The van der Waals surface area contributed by atoms with Crippen LogP contribution in [0.15, 0.2) is 0 Å². The van der Waals surface area contributed by atoms with E-state index in [4.69, 9.17) is 0 Å². The van der Waals surface area contributed by atoms with Crippen LogP contribution < -0.4 is 4.89 Å². The minimum Gasteiger partial charge on any atom is -0.766 e. The highest BCUT2D eigenvalue weighted by molar-refractivity contribution is 7.79. The minimum absolute atomic E-state index is 1.18. The summed E-state index contributed by atoms with van der Waals surface area (Å²) in [7, 11) is 0. The van der Waals surface area contributed by atoms with Gasteiger partial charge in [0.2, 0.25) is 6.95 Å². The smallest absolute Gasteiger partial charge is 0.262 e. The first-order valence-electron chi connectivity index (χ1n) is 1.85. The molecule has 7 heteroatoms. The van der Waals surface area contributed by atoms with Gasteiger partial charge >= 0.3 is 0 Å². The van der Waals surface area contributed by atoms with E-state index in [1.54, 1.807) is 0 Å². The van der Waals surface area contributed by atoms with Crippen molar-refractivity contribution in [3.63, 3.8) is 0 Å². The van der Waals surface area contributed by atoms with Crippen LogP contribution in [0, 0.1) is 0 Å². The van der Waals surface area contributed by atoms with Crippen molar-refractivity contribution >= 4 is 18.2 Å². The predicted molar refractivity (Wildman–Crippen MR) is 25.4 cm³/mol. The van der Waals surface area contributed by atoms with Crippen molar-refractivity contribution in [3.05, 3.63) is 0 Å². The monoisotopic (exact) mass is 179 g/mol. The van der Waals surface area contributed by atoms with Gasteiger partial charge in [0, 0.05) is 0 Å². The van der Waals surface area contributed by atoms with Crippen LogP contribution in [0.4, 0.5) is 8.78 Å². The molecule has 0 aliphatic heterocycles. The lowest BCUT2D eigenvalue weighted by molar-refractivity contribution is -0.193. The van der Waals surface area contributed by atoms with Crippen LogP contribution in [0.1, 0.15) is 0 Å². The highest BCUT2D eigenvalue weighted by Gasteiger charge is 2.07. The van der Waals surface area contributed by atoms with E-state index in [9.17, 15) is 18.2 Å². The Labute approximate surface area is 54.9 Å². The van der Waals surface area contributed by atoms with Crippen molar-refractivity contribution in [2.45, 2.75) is 6.43 Å². The molecule has 0 saturated heterocycles. The zero-order valence-electron chi connectivity index (χ0n) is 4.09. The standard InChI is InChI=1S/C2H4ClF2O3P/c3-9(6,7)8-1-2(4)5/h2H,1H2,(H,6,7)/p-1. The summed E-state index contributed by atoms with van der Waals surface area (Å²) >= 11 is 4.42. The molecule has 0 N–H and O–H groups in total. The van der Waals surface area contributed by atoms with Crippen LogP contribution in [-0.2, 0) is 9.09 Å². The Bertz CT molecular complexity index is 123. The predicted octanol–water partition coefficient (Wildman–Crippen LogP) is 0.975. The maximum atomic E-state index is 11.1. The van der Waals surface area contributed by atoms with Crippen molar-refractivity contribution in [1.82, 2.24) is 0 Å². The molecule has 0 aromatic heterocycles. The first-order chi connectivity index (χ1) is 3.92. The van der Waals surface area contributed by atoms with Gasteiger partial charge in [-0.1, -0.05) is 0 Å². The Hall–Kier alpha value is 0.300. The summed E-state index contributed by atoms with van der Waals surface area (Å²) in [6.45, 7) is -5.65. The summed E-state index contributed by atoms with van der Waals surface area (Å²) in [5.41, 5.74) is 0. The molecule has 0 spiro atoms. The molecule has 0 bridgehead atoms. The van der Waals surface area contributed by atoms with E-state index in [1.165, 1.54) is 0 Å². The molecular weight excluding hydrogens is 176 g/mol. The zero-order chi connectivity index (χ0) is 7.49. The molecule has 0 radical (unpaired) electrons. The zero-order valence-corrected chi connectivity index (χ0v) is 5.74. The fraction of sp³-hybridized carbons (Fsp3) is 1.00. The van der Waals surface area contributed by atoms with Crippen molar-refractivity contribution in [1.29, 1.82) is 0 Å². The Morgan fingerprint density at radius 3 is 2.33 bits per heavy atom. The quantitative estimate of drug-likeness (QED) is 0.607. The van der Waals surface area contributed by atoms with Gasteiger partial charge in [0.05, 0.1) is 0 Å². The molecule has 56 valence electrons. The molecule has 0 rings (SSSR count). The van der Waals surface area contributed by atoms with Gasteiger partial charge in [0.25, 0.3) is 6.43 Å². The number of hydrogen-bond acceptors (Lipinski definition) is 3. The Morgan fingerprint density at radius 1 is 1.78 bits per heavy atom. The molecule has 0 saturated carbocycles. The second kappa shape index (κ2) is 3.46. The molecule has 0 heterocycles. The summed E-state index contributed by atoms with van der Waals surface area (Å²) in [5, 5.41) is 0. The van der Waals surface area contributed by atoms with E-state index in [0.29, 0.717) is 0 Å². The Balaban J connectivity index is 3.40. The summed E-state index contributed by atoms with van der Waals surface area (Å²) in [6.07, 6.45) is -2.81. The van der Waals surface area contributed by atoms with Crippen molar-refractivity contribution in [2.24, 2.45) is 0 Å². The lowest BCUT2D eigenvalue weighted by atomic mass is 10.8. The maximum Gasteiger partial charge on any atom is 0.262 e. The topological polar surface area (TPSA) is 49.4 Å². The van der Waals surface area contributed by atoms with Gasteiger partial charge in [-0.25, -0.2) is 8.78 Å². The van der Waals surface area contributed by atoms with E-state index < -0.39 is 20.0 Å². The van der Waals surface area contributed by atoms with Crippen LogP contribution in [0.2, 0.25) is 0 Å². The van der Waals surface area contributed by atoms with Gasteiger partial charge in [-0.05, 0) is 11.2 Å². The van der Waals surface area contributed by atoms with Crippen LogP contribution in [0.25, 0.3) is 0 Å². The number of rotatable bonds is 3. The van der Waals surface area contributed by atoms with E-state index in [-0.39, 0.29) is 0 Å². The van der Waals surface area contributed by atoms with Crippen molar-refractivity contribution in [3.8, 4) is 0 Å². The Kier molecular flexibility index (Phi) is 3.58. The summed E-state index contributed by atoms with van der Waals surface area (Å²) in [4.78, 5) is 9.77. The van der Waals surface area contributed by atoms with E-state index in [1.807, 2.05) is 0 Å². The molecule has 0 aromatic rings. The lowest BCUT2D eigenvalue weighted by Gasteiger charge is -2.13. The molecule has 0 fully saturated rings. The third-order valence-electron chi connectivity index (χ3n) is 0.355. The molecular formula is C2H3ClF2O3P-. The van der Waals surface area contributed by atoms with E-state index >= 15 is 0 Å². The third-order valence-corrected chi connectivity index (χ3v) is 1.10. The van der Waals surface area contributed by atoms with Crippen LogP contribution >= 0.6 is 18.2 Å². The minimum atomic E-state index is -4.48. The van der Waals surface area contributed by atoms with Gasteiger partial charge in [-0.3, -0.25) is 4.57 Å². The first kappa shape index (κ1) is 9.30. The first-order valence-corrected chi connectivity index (χ1v) is 4.30. The molecule has 0 aliphatic rings. The van der Waals surface area contributed by atoms with Crippen LogP contribution in [0.3, 0.4) is 0 Å².